The first-order valence-electron chi connectivity index (χ1n) is 13.5. The molecule has 1 aliphatic rings. The van der Waals surface area contributed by atoms with E-state index in [0.29, 0.717) is 54.0 Å². The molecule has 0 saturated carbocycles. The van der Waals surface area contributed by atoms with Gasteiger partial charge < -0.3 is 25.4 Å². The Balaban J connectivity index is 1.42. The predicted molar refractivity (Wildman–Crippen MR) is 164 cm³/mol. The monoisotopic (exact) mass is 561 g/mol. The van der Waals surface area contributed by atoms with Crippen molar-refractivity contribution in [2.45, 2.75) is 20.0 Å². The highest BCUT2D eigenvalue weighted by atomic mass is 16.5. The first kappa shape index (κ1) is 28.3. The van der Waals surface area contributed by atoms with Crippen molar-refractivity contribution in [3.8, 4) is 17.0 Å². The fraction of sp³-hybridized carbons (Fsp3) is 0.152. The SMILES string of the molecule is C=CC(=O)Nc1ccc(C(=O)Nc2cc3cc(c2)Nc2nccc(n2)-c2cccc(c2)OCC/C=C/COC3)c(C)c1. The zero-order valence-electron chi connectivity index (χ0n) is 23.2. The molecule has 0 radical (unpaired) electrons. The predicted octanol–water partition coefficient (Wildman–Crippen LogP) is 6.43. The lowest BCUT2D eigenvalue weighted by atomic mass is 10.1. The van der Waals surface area contributed by atoms with Crippen molar-refractivity contribution < 1.29 is 19.1 Å². The van der Waals surface area contributed by atoms with Gasteiger partial charge in [-0.3, -0.25) is 9.59 Å². The molecule has 1 aromatic heterocycles. The first-order valence-corrected chi connectivity index (χ1v) is 13.5. The Morgan fingerprint density at radius 1 is 1.00 bits per heavy atom. The van der Waals surface area contributed by atoms with E-state index in [4.69, 9.17) is 14.5 Å². The highest BCUT2D eigenvalue weighted by Gasteiger charge is 2.13. The van der Waals surface area contributed by atoms with E-state index in [9.17, 15) is 9.59 Å². The molecular formula is C33H31N5O4. The number of aryl methyl sites for hydroxylation is 1. The van der Waals surface area contributed by atoms with Gasteiger partial charge in [-0.1, -0.05) is 30.9 Å². The van der Waals surface area contributed by atoms with Gasteiger partial charge in [0.1, 0.15) is 5.75 Å². The molecule has 2 amide bonds. The molecule has 42 heavy (non-hydrogen) atoms. The van der Waals surface area contributed by atoms with Crippen LogP contribution in [0.1, 0.15) is 27.9 Å². The number of nitrogens with one attached hydrogen (secondary N) is 3. The van der Waals surface area contributed by atoms with Gasteiger partial charge in [0, 0.05) is 34.4 Å². The molecule has 2 heterocycles. The summed E-state index contributed by atoms with van der Waals surface area (Å²) < 4.78 is 11.8. The summed E-state index contributed by atoms with van der Waals surface area (Å²) in [6.07, 6.45) is 7.64. The summed E-state index contributed by atoms with van der Waals surface area (Å²) in [7, 11) is 0. The molecule has 3 N–H and O–H groups in total. The van der Waals surface area contributed by atoms with Crippen LogP contribution in [0, 0.1) is 6.92 Å². The Morgan fingerprint density at radius 2 is 1.90 bits per heavy atom. The minimum atomic E-state index is -0.318. The molecule has 4 aromatic rings. The molecule has 0 atom stereocenters. The quantitative estimate of drug-likeness (QED) is 0.194. The van der Waals surface area contributed by atoms with Crippen molar-refractivity contribution >= 4 is 34.8 Å². The second-order valence-electron chi connectivity index (χ2n) is 9.64. The second kappa shape index (κ2) is 13.4. The second-order valence-corrected chi connectivity index (χ2v) is 9.64. The summed E-state index contributed by atoms with van der Waals surface area (Å²) in [5.74, 6) is 0.578. The lowest BCUT2D eigenvalue weighted by Crippen LogP contribution is -2.15. The minimum Gasteiger partial charge on any atom is -0.493 e. The van der Waals surface area contributed by atoms with E-state index in [0.717, 1.165) is 29.0 Å². The van der Waals surface area contributed by atoms with E-state index in [1.165, 1.54) is 6.08 Å². The molecule has 9 nitrogen and oxygen atoms in total. The maximum Gasteiger partial charge on any atom is 0.255 e. The zero-order valence-corrected chi connectivity index (χ0v) is 23.2. The van der Waals surface area contributed by atoms with Crippen molar-refractivity contribution in [1.29, 1.82) is 0 Å². The van der Waals surface area contributed by atoms with E-state index in [2.05, 4.69) is 27.5 Å². The standard InChI is InChI=1S/C33H31N5O4/c1-3-31(39)35-25-10-11-29(22(2)16-25)32(40)36-26-17-23-18-27(20-26)37-33-34-13-12-30(38-33)24-8-7-9-28(19-24)42-15-6-4-5-14-41-21-23/h3-5,7-13,16-20H,1,6,14-15,21H2,2H3,(H,35,39)(H,36,40)(H,34,37,38)/b5-4+. The molecule has 0 saturated heterocycles. The maximum atomic E-state index is 13.3. The number of amides is 2. The number of anilines is 4. The first-order chi connectivity index (χ1) is 20.5. The molecule has 0 fully saturated rings. The van der Waals surface area contributed by atoms with E-state index < -0.39 is 0 Å². The maximum absolute atomic E-state index is 13.3. The number of carbonyl (C=O) groups is 2. The van der Waals surface area contributed by atoms with Gasteiger partial charge in [-0.15, -0.1) is 0 Å². The number of hydrogen-bond acceptors (Lipinski definition) is 7. The summed E-state index contributed by atoms with van der Waals surface area (Å²) >= 11 is 0. The van der Waals surface area contributed by atoms with Crippen LogP contribution < -0.4 is 20.7 Å². The smallest absolute Gasteiger partial charge is 0.255 e. The van der Waals surface area contributed by atoms with Crippen molar-refractivity contribution in [2.75, 3.05) is 29.2 Å². The minimum absolute atomic E-state index is 0.282. The van der Waals surface area contributed by atoms with Gasteiger partial charge in [0.05, 0.1) is 25.5 Å². The number of fused-ring (bicyclic) bond motifs is 7. The lowest BCUT2D eigenvalue weighted by Gasteiger charge is -2.14. The van der Waals surface area contributed by atoms with Gasteiger partial charge in [-0.05, 0) is 85.1 Å². The van der Waals surface area contributed by atoms with Crippen LogP contribution in [0.25, 0.3) is 11.3 Å². The third kappa shape index (κ3) is 7.47. The highest BCUT2D eigenvalue weighted by Crippen LogP contribution is 2.26. The van der Waals surface area contributed by atoms with Crippen LogP contribution in [-0.2, 0) is 16.1 Å². The van der Waals surface area contributed by atoms with Gasteiger partial charge in [0.25, 0.3) is 5.91 Å². The number of aromatic nitrogens is 2. The van der Waals surface area contributed by atoms with Crippen molar-refractivity contribution in [1.82, 2.24) is 9.97 Å². The van der Waals surface area contributed by atoms with E-state index in [-0.39, 0.29) is 11.8 Å². The molecule has 0 spiro atoms. The number of carbonyl (C=O) groups excluding carboxylic acids is 2. The normalized spacial score (nSPS) is 13.7. The average molecular weight is 562 g/mol. The number of hydrogen-bond donors (Lipinski definition) is 3. The van der Waals surface area contributed by atoms with Gasteiger partial charge in [0.2, 0.25) is 11.9 Å². The number of nitrogens with zero attached hydrogens (tertiary/aromatic N) is 2. The van der Waals surface area contributed by atoms with Gasteiger partial charge in [0.15, 0.2) is 0 Å². The third-order valence-corrected chi connectivity index (χ3v) is 6.42. The fourth-order valence-electron chi connectivity index (χ4n) is 4.44. The summed E-state index contributed by atoms with van der Waals surface area (Å²) in [5, 5.41) is 8.97. The molecule has 0 aliphatic carbocycles. The lowest BCUT2D eigenvalue weighted by molar-refractivity contribution is -0.111. The Kier molecular flexibility index (Phi) is 9.00. The summed E-state index contributed by atoms with van der Waals surface area (Å²) in [6, 6.07) is 20.4. The van der Waals surface area contributed by atoms with E-state index in [1.54, 1.807) is 24.4 Å². The Morgan fingerprint density at radius 3 is 2.76 bits per heavy atom. The van der Waals surface area contributed by atoms with Crippen LogP contribution >= 0.6 is 0 Å². The number of benzene rings is 3. The van der Waals surface area contributed by atoms with E-state index in [1.807, 2.05) is 67.6 Å². The molecule has 3 aromatic carbocycles. The Labute approximate surface area is 244 Å². The zero-order chi connectivity index (χ0) is 29.3. The van der Waals surface area contributed by atoms with Crippen LogP contribution in [0.4, 0.5) is 23.0 Å². The topological polar surface area (TPSA) is 114 Å². The average Bonchev–Trinajstić information content (AvgIpc) is 2.98. The molecule has 1 aliphatic heterocycles. The summed E-state index contributed by atoms with van der Waals surface area (Å²) in [6.45, 7) is 6.60. The van der Waals surface area contributed by atoms with Crippen LogP contribution in [0.15, 0.2) is 97.7 Å². The van der Waals surface area contributed by atoms with Crippen LogP contribution in [-0.4, -0.2) is 35.0 Å². The Bertz CT molecular complexity index is 1650. The molecule has 9 heteroatoms. The number of ether oxygens (including phenoxy) is 2. The third-order valence-electron chi connectivity index (χ3n) is 6.42. The molecule has 212 valence electrons. The fourth-order valence-corrected chi connectivity index (χ4v) is 4.44. The van der Waals surface area contributed by atoms with Crippen molar-refractivity contribution in [2.24, 2.45) is 0 Å². The summed E-state index contributed by atoms with van der Waals surface area (Å²) in [4.78, 5) is 34.0. The van der Waals surface area contributed by atoms with Crippen LogP contribution in [0.3, 0.4) is 0 Å². The van der Waals surface area contributed by atoms with E-state index >= 15 is 0 Å². The Hall–Kier alpha value is -5.28. The van der Waals surface area contributed by atoms with Crippen LogP contribution in [0.2, 0.25) is 0 Å². The summed E-state index contributed by atoms with van der Waals surface area (Å²) in [5.41, 5.74) is 5.57. The molecule has 0 unspecified atom stereocenters. The molecule has 6 bridgehead atoms. The van der Waals surface area contributed by atoms with Crippen molar-refractivity contribution in [3.05, 3.63) is 114 Å². The van der Waals surface area contributed by atoms with Gasteiger partial charge >= 0.3 is 0 Å². The molecular weight excluding hydrogens is 530 g/mol. The molecule has 5 rings (SSSR count). The highest BCUT2D eigenvalue weighted by molar-refractivity contribution is 6.06. The van der Waals surface area contributed by atoms with Gasteiger partial charge in [-0.25, -0.2) is 9.97 Å². The number of rotatable bonds is 4. The van der Waals surface area contributed by atoms with Crippen LogP contribution in [0.5, 0.6) is 5.75 Å². The largest absolute Gasteiger partial charge is 0.493 e. The van der Waals surface area contributed by atoms with Crippen molar-refractivity contribution in [3.63, 3.8) is 0 Å². The van der Waals surface area contributed by atoms with Gasteiger partial charge in [-0.2, -0.15) is 0 Å².